The van der Waals surface area contributed by atoms with Gasteiger partial charge >= 0.3 is 0 Å². The van der Waals surface area contributed by atoms with Crippen LogP contribution in [0.3, 0.4) is 0 Å². The number of nitrogens with zero attached hydrogens (tertiary/aromatic N) is 2. The molecule has 1 saturated heterocycles. The summed E-state index contributed by atoms with van der Waals surface area (Å²) >= 11 is 0. The first-order chi connectivity index (χ1) is 15.2. The van der Waals surface area contributed by atoms with Crippen molar-refractivity contribution < 1.29 is 19.1 Å². The van der Waals surface area contributed by atoms with E-state index in [0.29, 0.717) is 30.7 Å². The summed E-state index contributed by atoms with van der Waals surface area (Å²) < 4.78 is 6.28. The number of benzene rings is 1. The number of rotatable bonds is 4. The van der Waals surface area contributed by atoms with Crippen LogP contribution < -0.4 is 10.1 Å². The van der Waals surface area contributed by atoms with Crippen molar-refractivity contribution in [2.45, 2.75) is 71.1 Å². The highest BCUT2D eigenvalue weighted by Gasteiger charge is 2.44. The summed E-state index contributed by atoms with van der Waals surface area (Å²) in [6, 6.07) is 6.39. The highest BCUT2D eigenvalue weighted by atomic mass is 16.5. The lowest BCUT2D eigenvalue weighted by atomic mass is 9.84. The van der Waals surface area contributed by atoms with Crippen molar-refractivity contribution in [3.8, 4) is 5.75 Å². The minimum atomic E-state index is -0.704. The number of nitrogens with one attached hydrogen (secondary N) is 2. The van der Waals surface area contributed by atoms with E-state index in [0.717, 1.165) is 17.0 Å². The number of likely N-dealkylation sites (tertiary alicyclic amines) is 1. The van der Waals surface area contributed by atoms with Gasteiger partial charge in [0.15, 0.2) is 5.78 Å². The van der Waals surface area contributed by atoms with E-state index in [1.807, 2.05) is 32.9 Å². The average Bonchev–Trinajstić information content (AvgIpc) is 3.01. The number of carbonyl (C=O) groups excluding carboxylic acids is 3. The van der Waals surface area contributed by atoms with Crippen LogP contribution in [0.1, 0.15) is 72.9 Å². The topological polar surface area (TPSA) is 104 Å². The standard InChI is InChI=1S/C24H30N4O4/c1-14(22-15(2)26-27-16(22)3)25-23(31)17(4)28-12-11-24(10-9-21(28)30)13-19(29)18-7-5-6-8-20(18)32-24/h5-8,14,17H,9-13H2,1-4H3,(H,25,31)(H,26,27). The van der Waals surface area contributed by atoms with Crippen LogP contribution in [0.15, 0.2) is 24.3 Å². The molecule has 3 heterocycles. The van der Waals surface area contributed by atoms with Gasteiger partial charge in [0.1, 0.15) is 17.4 Å². The number of ether oxygens (including phenoxy) is 1. The number of carbonyl (C=O) groups is 3. The van der Waals surface area contributed by atoms with Crippen LogP contribution in [0, 0.1) is 13.8 Å². The maximum Gasteiger partial charge on any atom is 0.242 e. The Morgan fingerprint density at radius 1 is 1.22 bits per heavy atom. The van der Waals surface area contributed by atoms with Crippen molar-refractivity contribution in [3.63, 3.8) is 0 Å². The maximum absolute atomic E-state index is 13.0. The first kappa shape index (κ1) is 22.0. The molecule has 0 saturated carbocycles. The Bertz CT molecular complexity index is 1040. The number of H-pyrrole nitrogens is 1. The minimum absolute atomic E-state index is 0.0400. The SMILES string of the molecule is Cc1n[nH]c(C)c1C(C)NC(=O)C(C)N1CCC2(CCC1=O)CC(=O)c1ccccc1O2. The van der Waals surface area contributed by atoms with E-state index in [4.69, 9.17) is 4.74 Å². The summed E-state index contributed by atoms with van der Waals surface area (Å²) in [7, 11) is 0. The van der Waals surface area contributed by atoms with Crippen LogP contribution in [0.25, 0.3) is 0 Å². The zero-order valence-electron chi connectivity index (χ0n) is 19.0. The number of ketones is 1. The van der Waals surface area contributed by atoms with E-state index in [9.17, 15) is 14.4 Å². The first-order valence-corrected chi connectivity index (χ1v) is 11.1. The van der Waals surface area contributed by atoms with E-state index in [1.165, 1.54) is 0 Å². The average molecular weight is 439 g/mol. The van der Waals surface area contributed by atoms with Gasteiger partial charge in [-0.25, -0.2) is 0 Å². The number of para-hydroxylation sites is 1. The molecule has 2 aliphatic heterocycles. The van der Waals surface area contributed by atoms with Gasteiger partial charge in [-0.05, 0) is 46.2 Å². The van der Waals surface area contributed by atoms with Crippen LogP contribution >= 0.6 is 0 Å². The number of amides is 2. The lowest BCUT2D eigenvalue weighted by molar-refractivity contribution is -0.139. The number of aryl methyl sites for hydroxylation is 2. The third-order valence-corrected chi connectivity index (χ3v) is 6.74. The Labute approximate surface area is 187 Å². The van der Waals surface area contributed by atoms with E-state index in [-0.39, 0.29) is 36.5 Å². The molecule has 3 atom stereocenters. The third-order valence-electron chi connectivity index (χ3n) is 6.74. The fourth-order valence-corrected chi connectivity index (χ4v) is 4.93. The molecule has 8 nitrogen and oxygen atoms in total. The second-order valence-electron chi connectivity index (χ2n) is 8.97. The van der Waals surface area contributed by atoms with Crippen molar-refractivity contribution in [1.29, 1.82) is 0 Å². The van der Waals surface area contributed by atoms with Gasteiger partial charge in [0, 0.05) is 30.6 Å². The van der Waals surface area contributed by atoms with Crippen molar-refractivity contribution in [2.75, 3.05) is 6.54 Å². The molecular formula is C24H30N4O4. The largest absolute Gasteiger partial charge is 0.486 e. The maximum atomic E-state index is 13.0. The van der Waals surface area contributed by atoms with E-state index >= 15 is 0 Å². The Hall–Kier alpha value is -3.16. The predicted octanol–water partition coefficient (Wildman–Crippen LogP) is 3.01. The summed E-state index contributed by atoms with van der Waals surface area (Å²) in [6.07, 6.45) is 1.46. The number of aromatic amines is 1. The molecule has 1 fully saturated rings. The van der Waals surface area contributed by atoms with Crippen LogP contribution in [0.5, 0.6) is 5.75 Å². The lowest BCUT2D eigenvalue weighted by Gasteiger charge is -2.37. The van der Waals surface area contributed by atoms with Crippen molar-refractivity contribution in [1.82, 2.24) is 20.4 Å². The van der Waals surface area contributed by atoms with Crippen molar-refractivity contribution in [3.05, 3.63) is 46.8 Å². The molecule has 8 heteroatoms. The number of aromatic nitrogens is 2. The summed E-state index contributed by atoms with van der Waals surface area (Å²) in [5, 5.41) is 10.1. The Morgan fingerprint density at radius 2 is 1.97 bits per heavy atom. The van der Waals surface area contributed by atoms with E-state index < -0.39 is 11.6 Å². The van der Waals surface area contributed by atoms with Gasteiger partial charge in [-0.2, -0.15) is 5.10 Å². The second-order valence-corrected chi connectivity index (χ2v) is 8.97. The van der Waals surface area contributed by atoms with Crippen LogP contribution in [0.2, 0.25) is 0 Å². The van der Waals surface area contributed by atoms with E-state index in [2.05, 4.69) is 15.5 Å². The van der Waals surface area contributed by atoms with Gasteiger partial charge in [-0.1, -0.05) is 12.1 Å². The fraction of sp³-hybridized carbons (Fsp3) is 0.500. The molecule has 1 aromatic carbocycles. The highest BCUT2D eigenvalue weighted by Crippen LogP contribution is 2.39. The number of hydrogen-bond donors (Lipinski definition) is 2. The number of fused-ring (bicyclic) bond motifs is 1. The second kappa shape index (κ2) is 8.41. The molecule has 0 aliphatic carbocycles. The van der Waals surface area contributed by atoms with Crippen molar-refractivity contribution in [2.24, 2.45) is 0 Å². The lowest BCUT2D eigenvalue weighted by Crippen LogP contribution is -2.49. The number of Topliss-reactive ketones (excluding diaryl/α,β-unsaturated/α-hetero) is 1. The predicted molar refractivity (Wildman–Crippen MR) is 118 cm³/mol. The van der Waals surface area contributed by atoms with Gasteiger partial charge in [0.25, 0.3) is 0 Å². The molecule has 0 bridgehead atoms. The Kier molecular flexibility index (Phi) is 5.79. The van der Waals surface area contributed by atoms with Gasteiger partial charge in [0.2, 0.25) is 11.8 Å². The molecule has 3 unspecified atom stereocenters. The summed E-state index contributed by atoms with van der Waals surface area (Å²) in [6.45, 7) is 7.83. The van der Waals surface area contributed by atoms with Gasteiger partial charge in [-0.3, -0.25) is 19.5 Å². The molecule has 0 radical (unpaired) electrons. The molecular weight excluding hydrogens is 408 g/mol. The molecule has 1 aromatic heterocycles. The third kappa shape index (κ3) is 4.01. The van der Waals surface area contributed by atoms with E-state index in [1.54, 1.807) is 24.0 Å². The molecule has 2 N–H and O–H groups in total. The van der Waals surface area contributed by atoms with Crippen molar-refractivity contribution >= 4 is 17.6 Å². The summed E-state index contributed by atoms with van der Waals surface area (Å²) in [5.74, 6) is 0.309. The van der Waals surface area contributed by atoms with Gasteiger partial charge < -0.3 is 15.0 Å². The van der Waals surface area contributed by atoms with Crippen LogP contribution in [-0.4, -0.2) is 50.9 Å². The van der Waals surface area contributed by atoms with Gasteiger partial charge in [-0.15, -0.1) is 0 Å². The smallest absolute Gasteiger partial charge is 0.242 e. The summed E-state index contributed by atoms with van der Waals surface area (Å²) in [4.78, 5) is 40.2. The highest BCUT2D eigenvalue weighted by molar-refractivity contribution is 6.00. The first-order valence-electron chi connectivity index (χ1n) is 11.1. The molecule has 2 aromatic rings. The molecule has 170 valence electrons. The van der Waals surface area contributed by atoms with Gasteiger partial charge in [0.05, 0.1) is 23.7 Å². The van der Waals surface area contributed by atoms with Crippen LogP contribution in [-0.2, 0) is 9.59 Å². The Balaban J connectivity index is 1.45. The molecule has 1 spiro atoms. The molecule has 32 heavy (non-hydrogen) atoms. The fourth-order valence-electron chi connectivity index (χ4n) is 4.93. The molecule has 2 amide bonds. The summed E-state index contributed by atoms with van der Waals surface area (Å²) in [5.41, 5.74) is 2.60. The molecule has 2 aliphatic rings. The Morgan fingerprint density at radius 3 is 2.69 bits per heavy atom. The number of hydrogen-bond acceptors (Lipinski definition) is 5. The normalized spacial score (nSPS) is 22.7. The monoisotopic (exact) mass is 438 g/mol. The minimum Gasteiger partial charge on any atom is -0.486 e. The van der Waals surface area contributed by atoms with Crippen LogP contribution in [0.4, 0.5) is 0 Å². The quantitative estimate of drug-likeness (QED) is 0.764. The molecule has 4 rings (SSSR count). The zero-order valence-corrected chi connectivity index (χ0v) is 19.0. The zero-order chi connectivity index (χ0) is 23.0.